The Labute approximate surface area is 239 Å². The molecule has 2 aromatic carbocycles. The number of nitrogens with one attached hydrogen (secondary N) is 2. The van der Waals surface area contributed by atoms with Crippen LogP contribution in [0.15, 0.2) is 48.5 Å². The van der Waals surface area contributed by atoms with Crippen molar-refractivity contribution >= 4 is 23.6 Å². The highest BCUT2D eigenvalue weighted by atomic mass is 19.1. The molecule has 10 nitrogen and oxygen atoms in total. The van der Waals surface area contributed by atoms with Gasteiger partial charge in [-0.05, 0) is 49.6 Å². The maximum atomic E-state index is 14.1. The van der Waals surface area contributed by atoms with Crippen molar-refractivity contribution in [3.63, 3.8) is 0 Å². The van der Waals surface area contributed by atoms with Gasteiger partial charge in [-0.15, -0.1) is 0 Å². The number of ether oxygens (including phenoxy) is 2. The maximum Gasteiger partial charge on any atom is 0.255 e. The summed E-state index contributed by atoms with van der Waals surface area (Å²) in [5.41, 5.74) is 0.383. The summed E-state index contributed by atoms with van der Waals surface area (Å²) in [6, 6.07) is 11.7. The van der Waals surface area contributed by atoms with Gasteiger partial charge in [0, 0.05) is 38.8 Å². The number of fused-ring (bicyclic) bond motifs is 1. The fourth-order valence-corrected chi connectivity index (χ4v) is 5.20. The van der Waals surface area contributed by atoms with Crippen molar-refractivity contribution in [3.8, 4) is 5.75 Å². The third kappa shape index (κ3) is 7.40. The number of carbonyl (C=O) groups excluding carboxylic acids is 4. The molecule has 0 unspecified atom stereocenters. The molecule has 0 saturated carbocycles. The Hall–Kier alpha value is -3.99. The summed E-state index contributed by atoms with van der Waals surface area (Å²) in [5, 5.41) is 5.61. The molecule has 2 aromatic rings. The Morgan fingerprint density at radius 2 is 1.83 bits per heavy atom. The zero-order valence-electron chi connectivity index (χ0n) is 23.5. The lowest BCUT2D eigenvalue weighted by molar-refractivity contribution is -0.140. The summed E-state index contributed by atoms with van der Waals surface area (Å²) in [6.07, 6.45) is 0.777. The Morgan fingerprint density at radius 1 is 1.07 bits per heavy atom. The number of halogens is 1. The van der Waals surface area contributed by atoms with Crippen LogP contribution in [-0.2, 0) is 24.5 Å². The lowest BCUT2D eigenvalue weighted by atomic mass is 9.74. The van der Waals surface area contributed by atoms with Crippen molar-refractivity contribution < 1.29 is 33.0 Å². The molecule has 0 radical (unpaired) electrons. The van der Waals surface area contributed by atoms with Crippen molar-refractivity contribution in [3.05, 3.63) is 65.5 Å². The lowest BCUT2D eigenvalue weighted by Crippen LogP contribution is -2.53. The van der Waals surface area contributed by atoms with Gasteiger partial charge in [-0.2, -0.15) is 0 Å². The van der Waals surface area contributed by atoms with Gasteiger partial charge >= 0.3 is 0 Å². The summed E-state index contributed by atoms with van der Waals surface area (Å²) in [4.78, 5) is 55.8. The second-order valence-corrected chi connectivity index (χ2v) is 10.4. The first-order valence-electron chi connectivity index (χ1n) is 13.9. The molecular formula is C30H37FN4O6. The Morgan fingerprint density at radius 3 is 2.56 bits per heavy atom. The van der Waals surface area contributed by atoms with Crippen molar-refractivity contribution in [1.82, 2.24) is 20.4 Å². The van der Waals surface area contributed by atoms with Gasteiger partial charge in [0.25, 0.3) is 5.91 Å². The Balaban J connectivity index is 1.59. The van der Waals surface area contributed by atoms with E-state index in [1.165, 1.54) is 24.1 Å². The Kier molecular flexibility index (Phi) is 9.93. The summed E-state index contributed by atoms with van der Waals surface area (Å²) in [5.74, 6) is -1.91. The topological polar surface area (TPSA) is 117 Å². The van der Waals surface area contributed by atoms with E-state index < -0.39 is 29.2 Å². The van der Waals surface area contributed by atoms with Crippen LogP contribution < -0.4 is 15.4 Å². The highest BCUT2D eigenvalue weighted by molar-refractivity contribution is 6.01. The van der Waals surface area contributed by atoms with Crippen LogP contribution in [0.25, 0.3) is 0 Å². The fraction of sp³-hybridized carbons (Fsp3) is 0.467. The predicted octanol–water partition coefficient (Wildman–Crippen LogP) is 1.88. The van der Waals surface area contributed by atoms with Crippen LogP contribution in [0.1, 0.15) is 42.1 Å². The number of amides is 4. The summed E-state index contributed by atoms with van der Waals surface area (Å²) in [6.45, 7) is 3.60. The number of nitrogens with zero attached hydrogens (tertiary/aromatic N) is 2. The standard InChI is InChI=1S/C30H37FN4O6/c1-3-35-13-16-41-25-10-5-4-9-23(25)28(38)33-24(18-26(36)34(2)19-27(35)37)29(39)32-20-30(11-14-40-15-12-30)21-7-6-8-22(31)17-21/h4-10,17,24H,3,11-16,18-20H2,1-2H3,(H,32,39)(H,33,38)/t24-/m0/s1. The van der Waals surface area contributed by atoms with Crippen LogP contribution in [0.3, 0.4) is 0 Å². The van der Waals surface area contributed by atoms with E-state index in [0.717, 1.165) is 5.56 Å². The van der Waals surface area contributed by atoms with Gasteiger partial charge in [0.2, 0.25) is 17.7 Å². The van der Waals surface area contributed by atoms with E-state index in [1.807, 2.05) is 13.0 Å². The predicted molar refractivity (Wildman–Crippen MR) is 149 cm³/mol. The maximum absolute atomic E-state index is 14.1. The van der Waals surface area contributed by atoms with Crippen LogP contribution in [-0.4, -0.2) is 92.5 Å². The third-order valence-electron chi connectivity index (χ3n) is 7.77. The first kappa shape index (κ1) is 30.0. The highest BCUT2D eigenvalue weighted by Crippen LogP contribution is 2.34. The van der Waals surface area contributed by atoms with E-state index in [2.05, 4.69) is 10.6 Å². The molecule has 2 heterocycles. The number of likely N-dealkylation sites (N-methyl/N-ethyl adjacent to an activating group) is 2. The van der Waals surface area contributed by atoms with E-state index in [9.17, 15) is 23.6 Å². The first-order valence-corrected chi connectivity index (χ1v) is 13.9. The van der Waals surface area contributed by atoms with Crippen molar-refractivity contribution in [2.75, 3.05) is 53.0 Å². The van der Waals surface area contributed by atoms with E-state index in [0.29, 0.717) is 38.3 Å². The van der Waals surface area contributed by atoms with E-state index in [1.54, 1.807) is 35.2 Å². The fourth-order valence-electron chi connectivity index (χ4n) is 5.20. The molecule has 2 aliphatic heterocycles. The molecule has 2 N–H and O–H groups in total. The van der Waals surface area contributed by atoms with Crippen molar-refractivity contribution in [1.29, 1.82) is 0 Å². The normalized spacial score (nSPS) is 20.4. The second-order valence-electron chi connectivity index (χ2n) is 10.4. The number of benzene rings is 2. The molecule has 0 spiro atoms. The quantitative estimate of drug-likeness (QED) is 0.569. The Bertz CT molecular complexity index is 1270. The van der Waals surface area contributed by atoms with Crippen molar-refractivity contribution in [2.24, 2.45) is 0 Å². The number of hydrogen-bond acceptors (Lipinski definition) is 6. The summed E-state index contributed by atoms with van der Waals surface area (Å²) in [7, 11) is 1.49. The SMILES string of the molecule is CCN1CCOc2ccccc2C(=O)N[C@H](C(=O)NCC2(c3cccc(F)c3)CCOCC2)CC(=O)N(C)CC1=O. The molecule has 1 saturated heterocycles. The minimum absolute atomic E-state index is 0.150. The number of hydrogen-bond donors (Lipinski definition) is 2. The van der Waals surface area contributed by atoms with Crippen LogP contribution in [0.4, 0.5) is 4.39 Å². The molecule has 41 heavy (non-hydrogen) atoms. The molecule has 0 aliphatic carbocycles. The van der Waals surface area contributed by atoms with Gasteiger partial charge in [0.15, 0.2) is 0 Å². The van der Waals surface area contributed by atoms with E-state index >= 15 is 0 Å². The van der Waals surface area contributed by atoms with Gasteiger partial charge in [0.05, 0.1) is 25.1 Å². The third-order valence-corrected chi connectivity index (χ3v) is 7.77. The van der Waals surface area contributed by atoms with E-state index in [-0.39, 0.29) is 49.9 Å². The van der Waals surface area contributed by atoms with Gasteiger partial charge < -0.3 is 29.9 Å². The highest BCUT2D eigenvalue weighted by Gasteiger charge is 2.36. The molecule has 0 aromatic heterocycles. The van der Waals surface area contributed by atoms with Crippen LogP contribution in [0.5, 0.6) is 5.75 Å². The van der Waals surface area contributed by atoms with Gasteiger partial charge in [-0.1, -0.05) is 24.3 Å². The van der Waals surface area contributed by atoms with Gasteiger partial charge in [-0.3, -0.25) is 19.2 Å². The summed E-state index contributed by atoms with van der Waals surface area (Å²) < 4.78 is 25.5. The lowest BCUT2D eigenvalue weighted by Gasteiger charge is -2.38. The molecular weight excluding hydrogens is 531 g/mol. The minimum atomic E-state index is -1.23. The second kappa shape index (κ2) is 13.6. The van der Waals surface area contributed by atoms with Crippen LogP contribution in [0, 0.1) is 5.82 Å². The molecule has 0 bridgehead atoms. The molecule has 4 amide bonds. The number of carbonyl (C=O) groups is 4. The van der Waals surface area contributed by atoms with Gasteiger partial charge in [0.1, 0.15) is 24.2 Å². The van der Waals surface area contributed by atoms with Crippen LogP contribution in [0.2, 0.25) is 0 Å². The average molecular weight is 569 g/mol. The number of para-hydroxylation sites is 1. The molecule has 4 rings (SSSR count). The molecule has 2 aliphatic rings. The number of rotatable bonds is 5. The summed E-state index contributed by atoms with van der Waals surface area (Å²) >= 11 is 0. The largest absolute Gasteiger partial charge is 0.491 e. The minimum Gasteiger partial charge on any atom is -0.491 e. The first-order chi connectivity index (χ1) is 19.7. The zero-order valence-corrected chi connectivity index (χ0v) is 23.5. The molecule has 220 valence electrons. The average Bonchev–Trinajstić information content (AvgIpc) is 2.97. The van der Waals surface area contributed by atoms with Crippen LogP contribution >= 0.6 is 0 Å². The van der Waals surface area contributed by atoms with Gasteiger partial charge in [-0.25, -0.2) is 4.39 Å². The van der Waals surface area contributed by atoms with E-state index in [4.69, 9.17) is 9.47 Å². The molecule has 11 heteroatoms. The smallest absolute Gasteiger partial charge is 0.255 e. The monoisotopic (exact) mass is 568 g/mol. The molecule has 1 atom stereocenters. The molecule has 1 fully saturated rings. The zero-order chi connectivity index (χ0) is 29.4. The van der Waals surface area contributed by atoms with Crippen molar-refractivity contribution in [2.45, 2.75) is 37.6 Å².